The summed E-state index contributed by atoms with van der Waals surface area (Å²) in [6, 6.07) is 0. The van der Waals surface area contributed by atoms with E-state index in [4.69, 9.17) is 0 Å². The highest BCUT2D eigenvalue weighted by Crippen LogP contribution is 2.20. The third kappa shape index (κ3) is 15.9. The molecular weight excluding hydrogens is 234 g/mol. The number of unbranched alkanes of at least 4 members (excludes halogenated alkanes) is 7. The Morgan fingerprint density at radius 2 is 1.42 bits per heavy atom. The molecular formula is C17H37NO. The normalized spacial score (nSPS) is 13.7. The van der Waals surface area contributed by atoms with E-state index in [0.29, 0.717) is 0 Å². The maximum Gasteiger partial charge on any atom is 0.0669 e. The quantitative estimate of drug-likeness (QED) is 0.512. The Morgan fingerprint density at radius 3 is 1.95 bits per heavy atom. The molecule has 0 spiro atoms. The number of nitrogens with one attached hydrogen (secondary N) is 1. The molecule has 1 unspecified atom stereocenters. The Kier molecular flexibility index (Phi) is 11.7. The molecule has 0 aromatic rings. The highest BCUT2D eigenvalue weighted by atomic mass is 16.3. The first-order valence-electron chi connectivity index (χ1n) is 8.34. The van der Waals surface area contributed by atoms with E-state index in [0.717, 1.165) is 19.5 Å². The second-order valence-corrected chi connectivity index (χ2v) is 7.10. The third-order valence-electron chi connectivity index (χ3n) is 3.44. The summed E-state index contributed by atoms with van der Waals surface area (Å²) in [5.74, 6) is 0. The van der Waals surface area contributed by atoms with Gasteiger partial charge in [-0.2, -0.15) is 0 Å². The Balaban J connectivity index is 3.18. The van der Waals surface area contributed by atoms with E-state index >= 15 is 0 Å². The molecule has 0 aliphatic heterocycles. The number of aliphatic hydroxyl groups is 1. The molecule has 2 N–H and O–H groups in total. The van der Waals surface area contributed by atoms with Gasteiger partial charge in [0.05, 0.1) is 6.10 Å². The molecule has 0 aromatic carbocycles. The van der Waals surface area contributed by atoms with Crippen molar-refractivity contribution in [3.05, 3.63) is 0 Å². The lowest BCUT2D eigenvalue weighted by atomic mass is 9.89. The third-order valence-corrected chi connectivity index (χ3v) is 3.44. The molecule has 116 valence electrons. The molecule has 0 fully saturated rings. The second-order valence-electron chi connectivity index (χ2n) is 7.10. The van der Waals surface area contributed by atoms with Crippen LogP contribution in [0.1, 0.15) is 85.5 Å². The number of aliphatic hydroxyl groups excluding tert-OH is 1. The molecule has 1 atom stereocenters. The highest BCUT2D eigenvalue weighted by molar-refractivity contribution is 4.69. The van der Waals surface area contributed by atoms with Gasteiger partial charge in [0.1, 0.15) is 0 Å². The van der Waals surface area contributed by atoms with Gasteiger partial charge in [0, 0.05) is 6.54 Å². The summed E-state index contributed by atoms with van der Waals surface area (Å²) in [5, 5.41) is 13.2. The number of rotatable bonds is 12. The van der Waals surface area contributed by atoms with Crippen LogP contribution in [0.2, 0.25) is 0 Å². The van der Waals surface area contributed by atoms with E-state index < -0.39 is 0 Å². The fourth-order valence-electron chi connectivity index (χ4n) is 2.43. The van der Waals surface area contributed by atoms with Crippen molar-refractivity contribution in [3.63, 3.8) is 0 Å². The van der Waals surface area contributed by atoms with E-state index in [2.05, 4.69) is 33.0 Å². The molecule has 0 bridgehead atoms. The van der Waals surface area contributed by atoms with E-state index in [9.17, 15) is 5.11 Å². The van der Waals surface area contributed by atoms with Crippen molar-refractivity contribution >= 4 is 0 Å². The van der Waals surface area contributed by atoms with Crippen LogP contribution in [0.4, 0.5) is 0 Å². The topological polar surface area (TPSA) is 32.3 Å². The van der Waals surface area contributed by atoms with E-state index in [1.165, 1.54) is 51.4 Å². The van der Waals surface area contributed by atoms with Gasteiger partial charge >= 0.3 is 0 Å². The summed E-state index contributed by atoms with van der Waals surface area (Å²) in [4.78, 5) is 0. The van der Waals surface area contributed by atoms with Crippen LogP contribution in [-0.2, 0) is 0 Å². The van der Waals surface area contributed by atoms with E-state index in [1.807, 2.05) is 0 Å². The average Bonchev–Trinajstić information content (AvgIpc) is 2.29. The van der Waals surface area contributed by atoms with E-state index in [-0.39, 0.29) is 11.5 Å². The van der Waals surface area contributed by atoms with Crippen LogP contribution >= 0.6 is 0 Å². The van der Waals surface area contributed by atoms with Crippen LogP contribution < -0.4 is 5.32 Å². The largest absolute Gasteiger partial charge is 0.392 e. The lowest BCUT2D eigenvalue weighted by Crippen LogP contribution is -2.30. The summed E-state index contributed by atoms with van der Waals surface area (Å²) in [7, 11) is 0. The van der Waals surface area contributed by atoms with Gasteiger partial charge in [-0.3, -0.25) is 0 Å². The Hall–Kier alpha value is -0.0800. The fourth-order valence-corrected chi connectivity index (χ4v) is 2.43. The molecule has 0 saturated carbocycles. The molecule has 0 saturated heterocycles. The molecule has 0 aliphatic rings. The maximum absolute atomic E-state index is 9.85. The molecule has 0 aromatic heterocycles. The van der Waals surface area contributed by atoms with Gasteiger partial charge in [-0.05, 0) is 24.8 Å². The maximum atomic E-state index is 9.85. The standard InChI is InChI=1S/C17H37NO/c1-5-6-7-8-9-10-11-12-13-18-15-16(19)14-17(2,3)4/h16,18-19H,5-15H2,1-4H3. The molecule has 2 nitrogen and oxygen atoms in total. The number of hydrogen-bond acceptors (Lipinski definition) is 2. The second kappa shape index (κ2) is 11.7. The zero-order valence-corrected chi connectivity index (χ0v) is 13.8. The van der Waals surface area contributed by atoms with Gasteiger partial charge in [0.2, 0.25) is 0 Å². The predicted molar refractivity (Wildman–Crippen MR) is 85.6 cm³/mol. The first-order valence-corrected chi connectivity index (χ1v) is 8.34. The summed E-state index contributed by atoms with van der Waals surface area (Å²) in [6.45, 7) is 10.6. The smallest absolute Gasteiger partial charge is 0.0669 e. The van der Waals surface area contributed by atoms with Gasteiger partial charge in [0.15, 0.2) is 0 Å². The predicted octanol–water partition coefficient (Wildman–Crippen LogP) is 4.51. The van der Waals surface area contributed by atoms with Crippen LogP contribution in [-0.4, -0.2) is 24.3 Å². The van der Waals surface area contributed by atoms with Crippen molar-refractivity contribution in [1.29, 1.82) is 0 Å². The van der Waals surface area contributed by atoms with Gasteiger partial charge in [-0.15, -0.1) is 0 Å². The lowest BCUT2D eigenvalue weighted by molar-refractivity contribution is 0.120. The summed E-state index contributed by atoms with van der Waals surface area (Å²) in [5.41, 5.74) is 0.222. The first-order chi connectivity index (χ1) is 8.95. The lowest BCUT2D eigenvalue weighted by Gasteiger charge is -2.22. The average molecular weight is 271 g/mol. The number of hydrogen-bond donors (Lipinski definition) is 2. The fraction of sp³-hybridized carbons (Fsp3) is 1.00. The van der Waals surface area contributed by atoms with Crippen molar-refractivity contribution in [1.82, 2.24) is 5.32 Å². The van der Waals surface area contributed by atoms with Crippen LogP contribution in [0.25, 0.3) is 0 Å². The Bertz CT molecular complexity index is 186. The summed E-state index contributed by atoms with van der Waals surface area (Å²) >= 11 is 0. The molecule has 19 heavy (non-hydrogen) atoms. The Labute approximate surface area is 121 Å². The minimum atomic E-state index is -0.200. The van der Waals surface area contributed by atoms with Crippen LogP contribution in [0.3, 0.4) is 0 Å². The van der Waals surface area contributed by atoms with Crippen LogP contribution in [0.15, 0.2) is 0 Å². The van der Waals surface area contributed by atoms with Crippen molar-refractivity contribution in [2.24, 2.45) is 5.41 Å². The molecule has 2 heteroatoms. The van der Waals surface area contributed by atoms with Crippen molar-refractivity contribution in [2.75, 3.05) is 13.1 Å². The first kappa shape index (κ1) is 18.9. The monoisotopic (exact) mass is 271 g/mol. The van der Waals surface area contributed by atoms with Crippen LogP contribution in [0.5, 0.6) is 0 Å². The van der Waals surface area contributed by atoms with Gasteiger partial charge in [-0.25, -0.2) is 0 Å². The summed E-state index contributed by atoms with van der Waals surface area (Å²) in [6.07, 6.45) is 11.6. The minimum absolute atomic E-state index is 0.200. The minimum Gasteiger partial charge on any atom is -0.392 e. The van der Waals surface area contributed by atoms with Gasteiger partial charge in [-0.1, -0.05) is 72.6 Å². The van der Waals surface area contributed by atoms with Crippen molar-refractivity contribution in [2.45, 2.75) is 91.6 Å². The van der Waals surface area contributed by atoms with E-state index in [1.54, 1.807) is 0 Å². The highest BCUT2D eigenvalue weighted by Gasteiger charge is 2.15. The molecule has 0 amide bonds. The molecule has 0 radical (unpaired) electrons. The summed E-state index contributed by atoms with van der Waals surface area (Å²) < 4.78 is 0. The van der Waals surface area contributed by atoms with Crippen molar-refractivity contribution in [3.8, 4) is 0 Å². The molecule has 0 aliphatic carbocycles. The van der Waals surface area contributed by atoms with Crippen LogP contribution in [0, 0.1) is 5.41 Å². The SMILES string of the molecule is CCCCCCCCCCNCC(O)CC(C)(C)C. The molecule has 0 rings (SSSR count). The zero-order chi connectivity index (χ0) is 14.6. The Morgan fingerprint density at radius 1 is 0.895 bits per heavy atom. The van der Waals surface area contributed by atoms with Gasteiger partial charge in [0.25, 0.3) is 0 Å². The zero-order valence-electron chi connectivity index (χ0n) is 13.8. The van der Waals surface area contributed by atoms with Crippen molar-refractivity contribution < 1.29 is 5.11 Å². The molecule has 0 heterocycles. The van der Waals surface area contributed by atoms with Gasteiger partial charge < -0.3 is 10.4 Å².